The average Bonchev–Trinajstić information content (AvgIpc) is 1.86. The zero-order valence-corrected chi connectivity index (χ0v) is 11.6. The van der Waals surface area contributed by atoms with E-state index in [0.717, 1.165) is 6.54 Å². The number of hydrogen-bond donors (Lipinski definition) is 0. The molecular weight excluding hydrogens is 504 g/mol. The maximum atomic E-state index is 4.15. The Bertz CT molecular complexity index is 69.3. The Kier molecular flexibility index (Phi) is 6.07. The van der Waals surface area contributed by atoms with Crippen molar-refractivity contribution >= 4 is 15.1 Å². The van der Waals surface area contributed by atoms with Gasteiger partial charge in [-0.1, -0.05) is 0 Å². The van der Waals surface area contributed by atoms with Gasteiger partial charge in [0.15, 0.2) is 0 Å². The van der Waals surface area contributed by atoms with Gasteiger partial charge in [-0.2, -0.15) is 0 Å². The Labute approximate surface area is 82.2 Å². The quantitative estimate of drug-likeness (QED) is 0.472. The molecule has 1 aliphatic heterocycles. The van der Waals surface area contributed by atoms with Gasteiger partial charge in [0, 0.05) is 31.1 Å². The summed E-state index contributed by atoms with van der Waals surface area (Å²) in [4.78, 5) is 0. The molecule has 0 spiro atoms. The maximum absolute atomic E-state index is 4.15. The second-order valence-electron chi connectivity index (χ2n) is 0.996. The predicted octanol–water partition coefficient (Wildman–Crippen LogP) is 0.741. The van der Waals surface area contributed by atoms with Crippen molar-refractivity contribution in [3.8, 4) is 0 Å². The van der Waals surface area contributed by atoms with E-state index in [4.69, 9.17) is 0 Å². The van der Waals surface area contributed by atoms with Gasteiger partial charge in [0.05, 0.1) is 0 Å². The summed E-state index contributed by atoms with van der Waals surface area (Å²) in [5, 5.41) is 4.15. The molecule has 1 saturated heterocycles. The molecule has 1 nitrogen and oxygen atoms in total. The van der Waals surface area contributed by atoms with Gasteiger partial charge in [-0.3, -0.25) is 0 Å². The second kappa shape index (κ2) is 4.77. The number of thioether (sulfide) groups is 1. The fraction of sp³-hybridized carbons (Fsp3) is 0.667. The van der Waals surface area contributed by atoms with Crippen molar-refractivity contribution in [2.24, 2.45) is 0 Å². The molecule has 1 rings (SSSR count). The molecule has 1 heterocycles. The first-order valence-corrected chi connectivity index (χ1v) is 4.19. The molecule has 0 aromatic rings. The molecule has 0 radical (unpaired) electrons. The van der Waals surface area contributed by atoms with Crippen molar-refractivity contribution in [3.05, 3.63) is 5.32 Å². The number of hydrogen-bond acceptors (Lipinski definition) is 1. The van der Waals surface area contributed by atoms with Gasteiger partial charge in [-0.05, 0) is 0 Å². The van der Waals surface area contributed by atoms with Gasteiger partial charge in [0.2, 0.25) is 0 Å². The summed E-state index contributed by atoms with van der Waals surface area (Å²) in [5.41, 5.74) is 0. The van der Waals surface area contributed by atoms with Crippen molar-refractivity contribution in [1.29, 1.82) is 0 Å². The van der Waals surface area contributed by atoms with Crippen LogP contribution in [0.5, 0.6) is 0 Å². The molecule has 0 aliphatic carbocycles. The Morgan fingerprint density at radius 3 is 2.57 bits per heavy atom. The van der Waals surface area contributed by atoms with Crippen LogP contribution in [0, 0.1) is 31.1 Å². The molecule has 0 aromatic heterocycles. The first-order chi connectivity index (χ1) is 2.89. The van der Waals surface area contributed by atoms with Crippen molar-refractivity contribution in [2.75, 3.05) is 12.3 Å². The van der Waals surface area contributed by atoms with Gasteiger partial charge < -0.3 is 0 Å². The van der Waals surface area contributed by atoms with Crippen LogP contribution in [0.25, 0.3) is 5.32 Å². The third-order valence-corrected chi connectivity index (χ3v) is 3.05. The summed E-state index contributed by atoms with van der Waals surface area (Å²) in [6, 6.07) is 0. The van der Waals surface area contributed by atoms with Crippen LogP contribution in [0.15, 0.2) is 0 Å². The molecule has 0 amide bonds. The zero-order valence-electron chi connectivity index (χ0n) is 3.68. The fourth-order valence-corrected chi connectivity index (χ4v) is 2.08. The molecule has 0 saturated carbocycles. The average molecular weight is 508 g/mol. The van der Waals surface area contributed by atoms with Crippen LogP contribution in [0.2, 0.25) is 0 Å². The van der Waals surface area contributed by atoms with Crippen LogP contribution in [0.3, 0.4) is 0 Å². The van der Waals surface area contributed by atoms with Crippen molar-refractivity contribution in [1.82, 2.24) is 0 Å². The van der Waals surface area contributed by atoms with Gasteiger partial charge in [0.25, 0.3) is 0 Å². The number of rotatable bonds is 0. The molecule has 0 bridgehead atoms. The van der Waals surface area contributed by atoms with Crippen molar-refractivity contribution in [2.45, 2.75) is 0 Å². The van der Waals surface area contributed by atoms with E-state index in [2.05, 4.69) is 5.32 Å². The monoisotopic (exact) mass is 508 g/mol. The molecule has 1 aliphatic rings. The molecule has 38 valence electrons. The standard InChI is InChI=1S/C3H4NS.U.W/c1-2-5-3-4-1;;/h1-2H2;;/q-1;;. The summed E-state index contributed by atoms with van der Waals surface area (Å²) in [6.07, 6.45) is 0. The van der Waals surface area contributed by atoms with Crippen LogP contribution in [-0.4, -0.2) is 15.7 Å². The topological polar surface area (TPSA) is 14.1 Å². The third-order valence-electron chi connectivity index (χ3n) is 0.558. The van der Waals surface area contributed by atoms with E-state index >= 15 is 0 Å². The summed E-state index contributed by atoms with van der Waals surface area (Å²) >= 11 is 3.41. The van der Waals surface area contributed by atoms with Crippen molar-refractivity contribution < 1.29 is 50.5 Å². The molecule has 0 unspecified atom stereocenters. The molecule has 4 heteroatoms. The van der Waals surface area contributed by atoms with E-state index in [1.807, 2.05) is 11.8 Å². The van der Waals surface area contributed by atoms with E-state index < -0.39 is 0 Å². The van der Waals surface area contributed by atoms with E-state index in [-0.39, 0.29) is 31.1 Å². The normalized spacial score (nSPS) is 19.1. The summed E-state index contributed by atoms with van der Waals surface area (Å²) < 4.78 is 1.33. The predicted molar refractivity (Wildman–Crippen MR) is 25.7 cm³/mol. The van der Waals surface area contributed by atoms with E-state index in [1.54, 1.807) is 0 Å². The van der Waals surface area contributed by atoms with Crippen LogP contribution in [0.1, 0.15) is 0 Å². The first kappa shape index (κ1) is 8.92. The minimum atomic E-state index is 0. The Morgan fingerprint density at radius 1 is 1.71 bits per heavy atom. The SMILES string of the molecule is [U].[W]=[C]1[N-]CCS1. The summed E-state index contributed by atoms with van der Waals surface area (Å²) in [7, 11) is 0. The molecule has 1 fully saturated rings. The summed E-state index contributed by atoms with van der Waals surface area (Å²) in [6.45, 7) is 1.06. The molecule has 7 heavy (non-hydrogen) atoms. The van der Waals surface area contributed by atoms with Crippen molar-refractivity contribution in [3.63, 3.8) is 0 Å². The van der Waals surface area contributed by atoms with Crippen LogP contribution in [-0.2, 0) is 19.4 Å². The molecule has 0 N–H and O–H groups in total. The molecule has 0 aromatic carbocycles. The van der Waals surface area contributed by atoms with Crippen LogP contribution >= 0.6 is 11.8 Å². The molecule has 0 atom stereocenters. The minimum absolute atomic E-state index is 0. The number of nitrogens with zero attached hydrogens (tertiary/aromatic N) is 1. The third kappa shape index (κ3) is 3.49. The van der Waals surface area contributed by atoms with Gasteiger partial charge in [-0.25, -0.2) is 0 Å². The second-order valence-corrected chi connectivity index (χ2v) is 4.49. The zero-order chi connectivity index (χ0) is 4.41. The fourth-order valence-electron chi connectivity index (χ4n) is 0.316. The Hall–Kier alpha value is 1.92. The van der Waals surface area contributed by atoms with Gasteiger partial charge in [-0.15, -0.1) is 0 Å². The van der Waals surface area contributed by atoms with Crippen LogP contribution in [0.4, 0.5) is 0 Å². The van der Waals surface area contributed by atoms with E-state index in [1.165, 1.54) is 28.5 Å². The van der Waals surface area contributed by atoms with Gasteiger partial charge >= 0.3 is 52.1 Å². The Balaban J connectivity index is 0.000000360. The van der Waals surface area contributed by atoms with E-state index in [9.17, 15) is 0 Å². The molecular formula is C3H4NSUW-. The van der Waals surface area contributed by atoms with E-state index in [0.29, 0.717) is 0 Å². The summed E-state index contributed by atoms with van der Waals surface area (Å²) in [5.74, 6) is 1.22. The Morgan fingerprint density at radius 2 is 2.43 bits per heavy atom. The van der Waals surface area contributed by atoms with Crippen LogP contribution < -0.4 is 0 Å². The van der Waals surface area contributed by atoms with Gasteiger partial charge in [0.1, 0.15) is 0 Å². The first-order valence-electron chi connectivity index (χ1n) is 1.74.